The van der Waals surface area contributed by atoms with Crippen LogP contribution in [0.5, 0.6) is 0 Å². The summed E-state index contributed by atoms with van der Waals surface area (Å²) in [5.74, 6) is 0. The number of hydrogen-bond acceptors (Lipinski definition) is 18. The van der Waals surface area contributed by atoms with Crippen molar-refractivity contribution >= 4 is 126 Å². The van der Waals surface area contributed by atoms with E-state index in [1.54, 1.807) is 0 Å². The molecule has 6 radical (unpaired) electrons. The number of pyridine rings is 12. The van der Waals surface area contributed by atoms with Gasteiger partial charge >= 0.3 is 185 Å². The van der Waals surface area contributed by atoms with Crippen LogP contribution >= 0.6 is 0 Å². The van der Waals surface area contributed by atoms with Gasteiger partial charge in [-0.05, 0) is 0 Å². The topological polar surface area (TPSA) is 426 Å². The third-order valence-corrected chi connectivity index (χ3v) is 18.6. The van der Waals surface area contributed by atoms with Gasteiger partial charge in [-0.2, -0.15) is 0 Å². The van der Waals surface area contributed by atoms with Crippen molar-refractivity contribution < 1.29 is 142 Å². The molecule has 0 saturated heterocycles. The first-order valence-electron chi connectivity index (χ1n) is 49.8. The minimum absolute atomic E-state index is 0. The first kappa shape index (κ1) is 168. The van der Waals surface area contributed by atoms with Gasteiger partial charge in [-0.25, -0.2) is 54.8 Å². The molecule has 0 spiro atoms. The molecule has 0 N–H and O–H groups in total. The Balaban J connectivity index is -0.000000135. The molecule has 0 aliphatic rings. The van der Waals surface area contributed by atoms with E-state index in [-0.39, 0.29) is 28.2 Å². The summed E-state index contributed by atoms with van der Waals surface area (Å²) in [4.78, 5) is 0. The Morgan fingerprint density at radius 3 is 0.207 bits per heavy atom. The fraction of sp³-hybridized carbons (Fsp3) is 0.444. The van der Waals surface area contributed by atoms with Crippen LogP contribution in [0.1, 0.15) is 237 Å². The van der Waals surface area contributed by atoms with Crippen LogP contribution in [0.15, 0.2) is 367 Å². The second-order valence-electron chi connectivity index (χ2n) is 30.9. The fourth-order valence-electron chi connectivity index (χ4n) is 11.1. The monoisotopic (exact) mass is 2770 g/mol. The first-order valence-corrected chi connectivity index (χ1v) is 68.5. The summed E-state index contributed by atoms with van der Waals surface area (Å²) in [5.41, 5.74) is 0. The van der Waals surface area contributed by atoms with Crippen molar-refractivity contribution in [2.45, 2.75) is 316 Å². The third-order valence-electron chi connectivity index (χ3n) is 18.6. The van der Waals surface area contributed by atoms with Gasteiger partial charge in [0.1, 0.15) is 78.5 Å². The fourth-order valence-corrected chi connectivity index (χ4v) is 11.1. The third kappa shape index (κ3) is 147. The van der Waals surface area contributed by atoms with Gasteiger partial charge in [0.05, 0.1) is 0 Å². The van der Waals surface area contributed by atoms with E-state index < -0.39 is 126 Å². The van der Waals surface area contributed by atoms with Gasteiger partial charge in [-0.3, -0.25) is 28.2 Å². The summed E-state index contributed by atoms with van der Waals surface area (Å²) >= 11 is -25.2. The second-order valence-corrected chi connectivity index (χ2v) is 38.6. The SMILES string of the molecule is CCCC[n+]1ccccc1.CCCC[n+]1ccccc1.CCCC[n+]1ccccc1.CCCC[n+]1ccccc1.CCCC[n+]1ccccc1.CCCC[n+]1ccccc1.CCCC[n+]1ccccc1.CCCC[n+]1ccccc1.CCCC[n+]1ccccc1.CCCC[n+]1ccccc1.CCCC[n+]1ccccc1.CCCC[n+]1ccccc1.F.F.F.F.F.F.[O]=[Sb]([O-])[O-].[O]=[Sb]([O-])[O-].[O]=[Sb]([O-])[O-].[O]=[Sb]([O-])[O-].[O]=[Sb]([O-])[O-].[O]=[Sb]([O-])[O-]. The van der Waals surface area contributed by atoms with Crippen molar-refractivity contribution in [1.29, 1.82) is 0 Å². The van der Waals surface area contributed by atoms with Crippen LogP contribution in [-0.4, -0.2) is 126 Å². The number of aromatic nitrogens is 12. The molecule has 0 unspecified atom stereocenters. The quantitative estimate of drug-likeness (QED) is 0.0285. The normalized spacial score (nSPS) is 8.80. The summed E-state index contributed by atoms with van der Waals surface area (Å²) in [5, 5.41) is 0. The van der Waals surface area contributed by atoms with Gasteiger partial charge in [0.25, 0.3) is 0 Å². The summed E-state index contributed by atoms with van der Waals surface area (Å²) in [6.45, 7) is 40.3. The molecule has 846 valence electrons. The van der Waals surface area contributed by atoms with Gasteiger partial charge in [-0.1, -0.05) is 233 Å². The molecule has 42 heteroatoms. The van der Waals surface area contributed by atoms with E-state index in [1.807, 2.05) is 72.8 Å². The van der Waals surface area contributed by atoms with Crippen LogP contribution in [0.3, 0.4) is 0 Å². The summed E-state index contributed by atoms with van der Waals surface area (Å²) in [6, 6.07) is 74.1. The first-order chi connectivity index (χ1) is 69.6. The number of nitrogens with zero attached hydrogens (tertiary/aromatic N) is 12. The molecule has 12 aromatic heterocycles. The summed E-state index contributed by atoms with van der Waals surface area (Å²) < 4.78 is 181. The zero-order valence-corrected chi connectivity index (χ0v) is 105. The predicted molar refractivity (Wildman–Crippen MR) is 552 cm³/mol. The number of aryl methyl sites for hydroxylation is 12. The molecule has 0 fully saturated rings. The standard InChI is InChI=1S/12C9H14N.6FH.18O.6Sb/c12*1-2-3-7-10-8-5-4-6-9-10;;;;;;;;;;;;;;;;;;;;;;;;;;;;;;/h12*4-6,8-9H,2-3,7H2,1H3;6*1H;;;;;;;;;;;;;;;;;;;;;;;;/q12*+1;;;;;;;;;;;;;12*-1;;;;;;. The Morgan fingerprint density at radius 1 is 0.120 bits per heavy atom. The molecule has 12 rings (SSSR count). The predicted octanol–water partition coefficient (Wildman–Crippen LogP) is 4.94. The molecule has 12 heterocycles. The van der Waals surface area contributed by atoms with Crippen molar-refractivity contribution in [1.82, 2.24) is 0 Å². The Bertz CT molecular complexity index is 3660. The molecular weight excluding hydrogens is 2600 g/mol. The van der Waals surface area contributed by atoms with E-state index in [9.17, 15) is 0 Å². The number of hydrogen-bond donors (Lipinski definition) is 0. The zero-order chi connectivity index (χ0) is 108. The number of halogens is 6. The van der Waals surface area contributed by atoms with Crippen molar-refractivity contribution in [2.24, 2.45) is 0 Å². The molecule has 0 amide bonds. The van der Waals surface area contributed by atoms with Crippen LogP contribution in [0.25, 0.3) is 0 Å². The van der Waals surface area contributed by atoms with E-state index >= 15 is 0 Å². The molecular formula is C108H174F6N12O18Sb6. The van der Waals surface area contributed by atoms with Crippen molar-refractivity contribution in [3.05, 3.63) is 367 Å². The van der Waals surface area contributed by atoms with E-state index in [0.717, 1.165) is 78.5 Å². The van der Waals surface area contributed by atoms with Gasteiger partial charge in [-0.15, -0.1) is 0 Å². The van der Waals surface area contributed by atoms with Crippen molar-refractivity contribution in [3.8, 4) is 0 Å². The maximum absolute atomic E-state index is 8.60. The molecule has 12 aromatic rings. The van der Waals surface area contributed by atoms with Gasteiger partial charge in [0.2, 0.25) is 0 Å². The van der Waals surface area contributed by atoms with Crippen LogP contribution in [-0.2, 0) is 96.6 Å². The van der Waals surface area contributed by atoms with Crippen LogP contribution in [0.2, 0.25) is 0 Å². The summed E-state index contributed by atoms with van der Waals surface area (Å²) in [7, 11) is 0. The molecule has 0 bridgehead atoms. The van der Waals surface area contributed by atoms with Gasteiger partial charge < -0.3 is 0 Å². The Kier molecular flexibility index (Phi) is 154. The molecule has 0 aliphatic carbocycles. The minimum atomic E-state index is -4.20. The second kappa shape index (κ2) is 138. The molecule has 30 nitrogen and oxygen atoms in total. The van der Waals surface area contributed by atoms with E-state index in [4.69, 9.17) is 58.7 Å². The van der Waals surface area contributed by atoms with E-state index in [2.05, 4.69) is 432 Å². The maximum atomic E-state index is 8.60. The summed E-state index contributed by atoms with van der Waals surface area (Å²) in [6.07, 6.45) is 81.0. The molecule has 0 atom stereocenters. The zero-order valence-electron chi connectivity index (χ0n) is 89.9. The molecule has 0 aliphatic heterocycles. The number of unbranched alkanes of at least 4 members (excludes halogenated alkanes) is 12. The Labute approximate surface area is 941 Å². The van der Waals surface area contributed by atoms with E-state index in [0.29, 0.717) is 0 Å². The average Bonchev–Trinajstić information content (AvgIpc) is 1.05. The molecule has 0 saturated carbocycles. The Morgan fingerprint density at radius 2 is 0.167 bits per heavy atom. The van der Waals surface area contributed by atoms with E-state index in [1.165, 1.54) is 154 Å². The van der Waals surface area contributed by atoms with Crippen molar-refractivity contribution in [2.75, 3.05) is 0 Å². The van der Waals surface area contributed by atoms with Crippen molar-refractivity contribution in [3.63, 3.8) is 0 Å². The molecule has 150 heavy (non-hydrogen) atoms. The molecule has 0 aromatic carbocycles. The van der Waals surface area contributed by atoms with Crippen LogP contribution < -0.4 is 95.4 Å². The average molecular weight is 2770 g/mol. The Hall–Kier alpha value is -7.39. The van der Waals surface area contributed by atoms with Gasteiger partial charge in [0, 0.05) is 223 Å². The number of rotatable bonds is 36. The van der Waals surface area contributed by atoms with Crippen LogP contribution in [0, 0.1) is 0 Å². The van der Waals surface area contributed by atoms with Gasteiger partial charge in [0.15, 0.2) is 149 Å². The van der Waals surface area contributed by atoms with Crippen LogP contribution in [0.4, 0.5) is 28.2 Å².